The van der Waals surface area contributed by atoms with Crippen LogP contribution >= 0.6 is 0 Å². The van der Waals surface area contributed by atoms with E-state index in [4.69, 9.17) is 6.57 Å². The van der Waals surface area contributed by atoms with Gasteiger partial charge in [-0.05, 0) is 126 Å². The standard InChI is InChI=1S/C43H24N2/c1-44-36-23-32-17-16-31-22-35(24-38-42(31)43(32)39(25-36)45(38)37-10-6-3-7-11-37)34-20-29-14-12-27-18-33(26-8-4-2-5-9-26)19-28-13-15-30(21-34)41(29)40(27)28/h2-25H. The predicted octanol–water partition coefficient (Wildman–Crippen LogP) is 12.2. The van der Waals surface area contributed by atoms with Crippen LogP contribution in [0.3, 0.4) is 0 Å². The molecular formula is C43H24N2. The summed E-state index contributed by atoms with van der Waals surface area (Å²) in [7, 11) is 0. The first kappa shape index (κ1) is 24.3. The number of para-hydroxylation sites is 1. The zero-order chi connectivity index (χ0) is 29.6. The van der Waals surface area contributed by atoms with Crippen LogP contribution in [0, 0.1) is 6.57 Å². The molecule has 0 saturated heterocycles. The minimum atomic E-state index is 0.661. The lowest BCUT2D eigenvalue weighted by atomic mass is 9.89. The molecule has 0 spiro atoms. The molecule has 1 heterocycles. The van der Waals surface area contributed by atoms with Gasteiger partial charge in [0.05, 0.1) is 12.1 Å². The van der Waals surface area contributed by atoms with Gasteiger partial charge in [0.25, 0.3) is 0 Å². The van der Waals surface area contributed by atoms with Gasteiger partial charge in [-0.1, -0.05) is 84.9 Å². The molecule has 206 valence electrons. The van der Waals surface area contributed by atoms with Crippen LogP contribution in [0.5, 0.6) is 0 Å². The molecule has 0 radical (unpaired) electrons. The van der Waals surface area contributed by atoms with Crippen LogP contribution in [0.25, 0.3) is 97.7 Å². The van der Waals surface area contributed by atoms with Crippen LogP contribution < -0.4 is 0 Å². The van der Waals surface area contributed by atoms with Crippen molar-refractivity contribution in [2.75, 3.05) is 0 Å². The number of rotatable bonds is 3. The molecule has 10 aromatic rings. The summed E-state index contributed by atoms with van der Waals surface area (Å²) in [5.41, 5.74) is 8.88. The summed E-state index contributed by atoms with van der Waals surface area (Å²) in [4.78, 5) is 3.81. The van der Waals surface area contributed by atoms with Crippen LogP contribution in [0.2, 0.25) is 0 Å². The van der Waals surface area contributed by atoms with Gasteiger partial charge in [-0.2, -0.15) is 0 Å². The maximum Gasteiger partial charge on any atom is 0.189 e. The highest BCUT2D eigenvalue weighted by molar-refractivity contribution is 6.27. The zero-order valence-electron chi connectivity index (χ0n) is 24.3. The number of aromatic nitrogens is 1. The summed E-state index contributed by atoms with van der Waals surface area (Å²) in [6.07, 6.45) is 0. The van der Waals surface area contributed by atoms with Gasteiger partial charge in [0, 0.05) is 22.0 Å². The summed E-state index contributed by atoms with van der Waals surface area (Å²) < 4.78 is 2.33. The van der Waals surface area contributed by atoms with E-state index in [0.29, 0.717) is 5.69 Å². The molecule has 0 N–H and O–H groups in total. The smallest absolute Gasteiger partial charge is 0.189 e. The van der Waals surface area contributed by atoms with Crippen LogP contribution in [-0.4, -0.2) is 4.57 Å². The minimum Gasteiger partial charge on any atom is -0.310 e. The number of hydrogen-bond donors (Lipinski definition) is 0. The highest BCUT2D eigenvalue weighted by Crippen LogP contribution is 2.44. The van der Waals surface area contributed by atoms with Crippen LogP contribution in [0.4, 0.5) is 5.69 Å². The summed E-state index contributed by atoms with van der Waals surface area (Å²) >= 11 is 0. The summed E-state index contributed by atoms with van der Waals surface area (Å²) in [5, 5.41) is 12.5. The van der Waals surface area contributed by atoms with Gasteiger partial charge in [0.15, 0.2) is 5.69 Å². The molecule has 9 aromatic carbocycles. The van der Waals surface area contributed by atoms with E-state index < -0.39 is 0 Å². The van der Waals surface area contributed by atoms with Crippen molar-refractivity contribution in [2.45, 2.75) is 0 Å². The van der Waals surface area contributed by atoms with Gasteiger partial charge < -0.3 is 4.57 Å². The maximum absolute atomic E-state index is 7.76. The molecule has 0 aliphatic carbocycles. The zero-order valence-corrected chi connectivity index (χ0v) is 24.3. The highest BCUT2D eigenvalue weighted by atomic mass is 15.0. The molecule has 1 aromatic heterocycles. The maximum atomic E-state index is 7.76. The Morgan fingerprint density at radius 1 is 0.378 bits per heavy atom. The predicted molar refractivity (Wildman–Crippen MR) is 190 cm³/mol. The first-order chi connectivity index (χ1) is 22.2. The fraction of sp³-hybridized carbons (Fsp3) is 0. The molecule has 2 heteroatoms. The monoisotopic (exact) mass is 568 g/mol. The lowest BCUT2D eigenvalue weighted by molar-refractivity contribution is 1.18. The average molecular weight is 569 g/mol. The van der Waals surface area contributed by atoms with Crippen molar-refractivity contribution in [2.24, 2.45) is 0 Å². The molecule has 0 bridgehead atoms. The van der Waals surface area contributed by atoms with Gasteiger partial charge in [0.1, 0.15) is 0 Å². The second-order valence-electron chi connectivity index (χ2n) is 12.1. The Morgan fingerprint density at radius 2 is 0.800 bits per heavy atom. The second-order valence-corrected chi connectivity index (χ2v) is 12.1. The quantitative estimate of drug-likeness (QED) is 0.148. The SMILES string of the molecule is [C-]#[N+]c1cc2ccc3cc(-c4cc5ccc6cc(-c7ccccc7)cc7ccc(c4)c5c67)cc4c3c2c(c1)n4-c1ccccc1. The molecule has 45 heavy (non-hydrogen) atoms. The first-order valence-corrected chi connectivity index (χ1v) is 15.3. The molecular weight excluding hydrogens is 544 g/mol. The highest BCUT2D eigenvalue weighted by Gasteiger charge is 2.19. The van der Waals surface area contributed by atoms with Crippen molar-refractivity contribution >= 4 is 70.6 Å². The Balaban J connectivity index is 1.23. The van der Waals surface area contributed by atoms with Gasteiger partial charge in [-0.3, -0.25) is 0 Å². The van der Waals surface area contributed by atoms with Gasteiger partial charge >= 0.3 is 0 Å². The van der Waals surface area contributed by atoms with Crippen molar-refractivity contribution < 1.29 is 0 Å². The number of nitrogens with zero attached hydrogens (tertiary/aromatic N) is 2. The Kier molecular flexibility index (Phi) is 4.82. The van der Waals surface area contributed by atoms with Gasteiger partial charge in [-0.15, -0.1) is 0 Å². The van der Waals surface area contributed by atoms with Gasteiger partial charge in [-0.25, -0.2) is 4.85 Å². The molecule has 0 aliphatic rings. The Morgan fingerprint density at radius 3 is 1.33 bits per heavy atom. The van der Waals surface area contributed by atoms with E-state index in [0.717, 1.165) is 22.1 Å². The lowest BCUT2D eigenvalue weighted by Crippen LogP contribution is -1.93. The van der Waals surface area contributed by atoms with Crippen LogP contribution in [-0.2, 0) is 0 Å². The largest absolute Gasteiger partial charge is 0.310 e. The molecule has 0 unspecified atom stereocenters. The fourth-order valence-electron chi connectivity index (χ4n) is 7.64. The third-order valence-corrected chi connectivity index (χ3v) is 9.57. The van der Waals surface area contributed by atoms with E-state index in [2.05, 4.69) is 143 Å². The Hall–Kier alpha value is -6.17. The van der Waals surface area contributed by atoms with E-state index in [1.807, 2.05) is 12.1 Å². The Bertz CT molecular complexity index is 2730. The van der Waals surface area contributed by atoms with Crippen molar-refractivity contribution in [3.63, 3.8) is 0 Å². The third-order valence-electron chi connectivity index (χ3n) is 9.57. The minimum absolute atomic E-state index is 0.661. The molecule has 10 rings (SSSR count). The molecule has 0 atom stereocenters. The summed E-state index contributed by atoms with van der Waals surface area (Å²) in [5.74, 6) is 0. The number of benzene rings is 9. The van der Waals surface area contributed by atoms with E-state index in [-0.39, 0.29) is 0 Å². The second kappa shape index (κ2) is 8.92. The molecule has 0 aliphatic heterocycles. The van der Waals surface area contributed by atoms with E-state index >= 15 is 0 Å². The topological polar surface area (TPSA) is 9.29 Å². The fourth-order valence-corrected chi connectivity index (χ4v) is 7.64. The normalized spacial score (nSPS) is 12.0. The molecule has 0 fully saturated rings. The Labute approximate surface area is 259 Å². The molecule has 2 nitrogen and oxygen atoms in total. The molecule has 0 amide bonds. The first-order valence-electron chi connectivity index (χ1n) is 15.3. The summed E-state index contributed by atoms with van der Waals surface area (Å²) in [6.45, 7) is 7.76. The van der Waals surface area contributed by atoms with Crippen molar-refractivity contribution in [3.05, 3.63) is 157 Å². The third kappa shape index (κ3) is 3.44. The van der Waals surface area contributed by atoms with E-state index in [1.54, 1.807) is 0 Å². The van der Waals surface area contributed by atoms with Gasteiger partial charge in [0.2, 0.25) is 0 Å². The molecule has 0 saturated carbocycles. The van der Waals surface area contributed by atoms with Crippen molar-refractivity contribution in [1.82, 2.24) is 4.57 Å². The van der Waals surface area contributed by atoms with E-state index in [1.165, 1.54) is 70.7 Å². The van der Waals surface area contributed by atoms with Crippen LogP contribution in [0.15, 0.2) is 146 Å². The summed E-state index contributed by atoms with van der Waals surface area (Å²) in [6, 6.07) is 52.7. The van der Waals surface area contributed by atoms with Crippen LogP contribution in [0.1, 0.15) is 0 Å². The average Bonchev–Trinajstić information content (AvgIpc) is 3.44. The number of hydrogen-bond acceptors (Lipinski definition) is 0. The van der Waals surface area contributed by atoms with E-state index in [9.17, 15) is 0 Å². The van der Waals surface area contributed by atoms with Crippen molar-refractivity contribution in [1.29, 1.82) is 0 Å². The lowest BCUT2D eigenvalue weighted by Gasteiger charge is -2.15. The van der Waals surface area contributed by atoms with Crippen molar-refractivity contribution in [3.8, 4) is 27.9 Å².